The van der Waals surface area contributed by atoms with Crippen LogP contribution in [0.3, 0.4) is 0 Å². The molecule has 0 spiro atoms. The minimum absolute atomic E-state index is 0.145. The third-order valence-electron chi connectivity index (χ3n) is 3.55. The molecule has 0 saturated heterocycles. The van der Waals surface area contributed by atoms with Crippen LogP contribution in [0.5, 0.6) is 0 Å². The van der Waals surface area contributed by atoms with Crippen LogP contribution in [0.1, 0.15) is 36.6 Å². The minimum atomic E-state index is 0.145. The van der Waals surface area contributed by atoms with E-state index in [2.05, 4.69) is 33.2 Å². The lowest BCUT2D eigenvalue weighted by Gasteiger charge is -2.09. The van der Waals surface area contributed by atoms with Crippen LogP contribution in [0.2, 0.25) is 0 Å². The lowest BCUT2D eigenvalue weighted by Crippen LogP contribution is -2.10. The summed E-state index contributed by atoms with van der Waals surface area (Å²) in [6.07, 6.45) is 6.48. The van der Waals surface area contributed by atoms with Gasteiger partial charge in [-0.15, -0.1) is 0 Å². The Morgan fingerprint density at radius 1 is 1.22 bits per heavy atom. The van der Waals surface area contributed by atoms with Crippen molar-refractivity contribution in [1.29, 1.82) is 0 Å². The molecular formula is C14H16BrN3. The molecular weight excluding hydrogens is 290 g/mol. The van der Waals surface area contributed by atoms with Crippen LogP contribution in [0.25, 0.3) is 5.69 Å². The fourth-order valence-corrected chi connectivity index (χ4v) is 2.83. The molecule has 3 rings (SSSR count). The van der Waals surface area contributed by atoms with Gasteiger partial charge in [0, 0.05) is 21.8 Å². The van der Waals surface area contributed by atoms with E-state index in [9.17, 15) is 0 Å². The molecule has 1 aromatic carbocycles. The Morgan fingerprint density at radius 2 is 2.00 bits per heavy atom. The fraction of sp³-hybridized carbons (Fsp3) is 0.357. The Morgan fingerprint density at radius 3 is 2.78 bits per heavy atom. The first-order valence-corrected chi connectivity index (χ1v) is 7.13. The van der Waals surface area contributed by atoms with E-state index in [0.29, 0.717) is 0 Å². The number of hydrogen-bond donors (Lipinski definition) is 1. The fourth-order valence-electron chi connectivity index (χ4n) is 2.56. The second-order valence-corrected chi connectivity index (χ2v) is 5.70. The first kappa shape index (κ1) is 11.9. The summed E-state index contributed by atoms with van der Waals surface area (Å²) >= 11 is 3.46. The molecule has 94 valence electrons. The van der Waals surface area contributed by atoms with Crippen molar-refractivity contribution < 1.29 is 0 Å². The molecule has 2 N–H and O–H groups in total. The van der Waals surface area contributed by atoms with Crippen LogP contribution in [-0.2, 0) is 6.42 Å². The molecule has 0 radical (unpaired) electrons. The summed E-state index contributed by atoms with van der Waals surface area (Å²) in [6.45, 7) is 0. The van der Waals surface area contributed by atoms with Crippen molar-refractivity contribution in [2.75, 3.05) is 0 Å². The molecule has 2 aromatic rings. The van der Waals surface area contributed by atoms with Crippen molar-refractivity contribution in [3.63, 3.8) is 0 Å². The highest BCUT2D eigenvalue weighted by Gasteiger charge is 2.20. The number of benzene rings is 1. The number of fused-ring (bicyclic) bond motifs is 1. The van der Waals surface area contributed by atoms with Crippen molar-refractivity contribution in [2.24, 2.45) is 5.73 Å². The van der Waals surface area contributed by atoms with Gasteiger partial charge in [0.25, 0.3) is 0 Å². The van der Waals surface area contributed by atoms with Gasteiger partial charge in [0.1, 0.15) is 0 Å². The standard InChI is InChI=1S/C14H16BrN3/c15-10-5-7-11(8-6-10)18-14-4-2-1-3-13(16)12(14)9-17-18/h5-9,13H,1-4,16H2. The SMILES string of the molecule is NC1CCCCc2c1cnn2-c1ccc(Br)cc1. The number of rotatable bonds is 1. The molecule has 1 heterocycles. The Labute approximate surface area is 115 Å². The van der Waals surface area contributed by atoms with Crippen molar-refractivity contribution in [2.45, 2.75) is 31.7 Å². The third-order valence-corrected chi connectivity index (χ3v) is 4.08. The summed E-state index contributed by atoms with van der Waals surface area (Å²) in [6, 6.07) is 8.38. The van der Waals surface area contributed by atoms with Gasteiger partial charge in [-0.1, -0.05) is 22.4 Å². The molecule has 1 aliphatic carbocycles. The smallest absolute Gasteiger partial charge is 0.0649 e. The molecule has 4 heteroatoms. The monoisotopic (exact) mass is 305 g/mol. The van der Waals surface area contributed by atoms with E-state index >= 15 is 0 Å². The average molecular weight is 306 g/mol. The summed E-state index contributed by atoms with van der Waals surface area (Å²) in [4.78, 5) is 0. The zero-order valence-corrected chi connectivity index (χ0v) is 11.7. The first-order valence-electron chi connectivity index (χ1n) is 6.34. The molecule has 0 saturated carbocycles. The summed E-state index contributed by atoms with van der Waals surface area (Å²) in [5, 5.41) is 4.51. The molecule has 1 aliphatic rings. The average Bonchev–Trinajstić information content (AvgIpc) is 2.71. The van der Waals surface area contributed by atoms with Crippen LogP contribution in [-0.4, -0.2) is 9.78 Å². The van der Waals surface area contributed by atoms with E-state index in [1.165, 1.54) is 24.1 Å². The summed E-state index contributed by atoms with van der Waals surface area (Å²) in [5.41, 5.74) is 9.80. The van der Waals surface area contributed by atoms with E-state index in [1.807, 2.05) is 23.0 Å². The van der Waals surface area contributed by atoms with Crippen LogP contribution in [0, 0.1) is 0 Å². The number of nitrogens with zero attached hydrogens (tertiary/aromatic N) is 2. The Bertz CT molecular complexity index is 545. The van der Waals surface area contributed by atoms with Crippen molar-refractivity contribution in [1.82, 2.24) is 9.78 Å². The Kier molecular flexibility index (Phi) is 3.22. The predicted octanol–water partition coefficient (Wildman–Crippen LogP) is 3.36. The largest absolute Gasteiger partial charge is 0.324 e. The number of halogens is 1. The van der Waals surface area contributed by atoms with E-state index in [1.54, 1.807) is 0 Å². The molecule has 0 amide bonds. The van der Waals surface area contributed by atoms with E-state index in [-0.39, 0.29) is 6.04 Å². The number of aromatic nitrogens is 2. The molecule has 18 heavy (non-hydrogen) atoms. The second kappa shape index (κ2) is 4.86. The van der Waals surface area contributed by atoms with Crippen molar-refractivity contribution in [3.05, 3.63) is 46.2 Å². The van der Waals surface area contributed by atoms with Crippen LogP contribution in [0.15, 0.2) is 34.9 Å². The quantitative estimate of drug-likeness (QED) is 0.821. The normalized spacial score (nSPS) is 19.3. The highest BCUT2D eigenvalue weighted by Crippen LogP contribution is 2.28. The summed E-state index contributed by atoms with van der Waals surface area (Å²) < 4.78 is 3.12. The molecule has 0 bridgehead atoms. The van der Waals surface area contributed by atoms with Gasteiger partial charge in [-0.05, 0) is 43.5 Å². The number of hydrogen-bond acceptors (Lipinski definition) is 2. The zero-order valence-electron chi connectivity index (χ0n) is 10.1. The van der Waals surface area contributed by atoms with Crippen molar-refractivity contribution in [3.8, 4) is 5.69 Å². The maximum absolute atomic E-state index is 6.20. The van der Waals surface area contributed by atoms with Gasteiger partial charge in [-0.2, -0.15) is 5.10 Å². The maximum atomic E-state index is 6.20. The zero-order chi connectivity index (χ0) is 12.5. The molecule has 0 fully saturated rings. The minimum Gasteiger partial charge on any atom is -0.324 e. The van der Waals surface area contributed by atoms with E-state index in [4.69, 9.17) is 5.73 Å². The van der Waals surface area contributed by atoms with Gasteiger partial charge in [0.05, 0.1) is 11.9 Å². The van der Waals surface area contributed by atoms with Gasteiger partial charge < -0.3 is 5.73 Å². The van der Waals surface area contributed by atoms with Crippen molar-refractivity contribution >= 4 is 15.9 Å². The van der Waals surface area contributed by atoms with E-state index in [0.717, 1.165) is 23.0 Å². The van der Waals surface area contributed by atoms with E-state index < -0.39 is 0 Å². The molecule has 1 atom stereocenters. The maximum Gasteiger partial charge on any atom is 0.0649 e. The van der Waals surface area contributed by atoms with Crippen LogP contribution >= 0.6 is 15.9 Å². The lowest BCUT2D eigenvalue weighted by atomic mass is 10.1. The number of nitrogens with two attached hydrogens (primary N) is 1. The highest BCUT2D eigenvalue weighted by atomic mass is 79.9. The summed E-state index contributed by atoms with van der Waals surface area (Å²) in [7, 11) is 0. The van der Waals surface area contributed by atoms with Gasteiger partial charge in [0.2, 0.25) is 0 Å². The topological polar surface area (TPSA) is 43.8 Å². The van der Waals surface area contributed by atoms with Crippen LogP contribution < -0.4 is 5.73 Å². The van der Waals surface area contributed by atoms with Gasteiger partial charge in [-0.25, -0.2) is 4.68 Å². The first-order chi connectivity index (χ1) is 8.75. The summed E-state index contributed by atoms with van der Waals surface area (Å²) in [5.74, 6) is 0. The Balaban J connectivity index is 2.06. The van der Waals surface area contributed by atoms with Gasteiger partial charge in [0.15, 0.2) is 0 Å². The predicted molar refractivity (Wildman–Crippen MR) is 75.7 cm³/mol. The molecule has 1 aromatic heterocycles. The lowest BCUT2D eigenvalue weighted by molar-refractivity contribution is 0.611. The highest BCUT2D eigenvalue weighted by molar-refractivity contribution is 9.10. The third kappa shape index (κ3) is 2.10. The second-order valence-electron chi connectivity index (χ2n) is 4.79. The Hall–Kier alpha value is -1.13. The molecule has 1 unspecified atom stereocenters. The van der Waals surface area contributed by atoms with Crippen LogP contribution in [0.4, 0.5) is 0 Å². The molecule has 3 nitrogen and oxygen atoms in total. The molecule has 0 aliphatic heterocycles. The van der Waals surface area contributed by atoms with Gasteiger partial charge >= 0.3 is 0 Å². The van der Waals surface area contributed by atoms with Gasteiger partial charge in [-0.3, -0.25) is 0 Å².